The quantitative estimate of drug-likeness (QED) is 0.233. The van der Waals surface area contributed by atoms with Gasteiger partial charge >= 0.3 is 0 Å². The Bertz CT molecular complexity index is 1620. The number of nitriles is 1. The van der Waals surface area contributed by atoms with Gasteiger partial charge in [0.1, 0.15) is 36.0 Å². The van der Waals surface area contributed by atoms with E-state index < -0.39 is 30.0 Å². The molecule has 222 valence electrons. The van der Waals surface area contributed by atoms with E-state index in [0.717, 1.165) is 48.1 Å². The summed E-state index contributed by atoms with van der Waals surface area (Å²) in [4.78, 5) is 23.1. The zero-order valence-corrected chi connectivity index (χ0v) is 24.5. The van der Waals surface area contributed by atoms with E-state index in [0.29, 0.717) is 29.7 Å². The summed E-state index contributed by atoms with van der Waals surface area (Å²) in [7, 11) is 0. The Morgan fingerprint density at radius 3 is 2.74 bits per heavy atom. The molecular formula is C30H39N9O3. The number of nitrogens with two attached hydrogens (primary N) is 1. The van der Waals surface area contributed by atoms with E-state index in [4.69, 9.17) is 15.5 Å². The van der Waals surface area contributed by atoms with Crippen LogP contribution in [-0.4, -0.2) is 81.5 Å². The molecule has 4 heterocycles. The number of aliphatic hydroxyl groups excluding tert-OH is 2. The fourth-order valence-electron chi connectivity index (χ4n) is 6.33. The SMILES string of the molecule is CC(C)N(C[C@H]1O[C@@H](n2cnc3c(N)ncnc32)[C@H](O)[C@@H]1O)[C@H]1C[C@H](CCc2nc3cc(C(C)(C)C#N)ccc3[nH]2)C1. The second kappa shape index (κ2) is 10.9. The number of aliphatic hydroxyl groups is 2. The molecule has 2 aliphatic rings. The number of hydrogen-bond acceptors (Lipinski definition) is 10. The lowest BCUT2D eigenvalue weighted by atomic mass is 9.76. The van der Waals surface area contributed by atoms with Crippen molar-refractivity contribution < 1.29 is 14.9 Å². The molecule has 0 radical (unpaired) electrons. The largest absolute Gasteiger partial charge is 0.387 e. The van der Waals surface area contributed by atoms with E-state index in [1.54, 1.807) is 4.57 Å². The molecule has 1 aliphatic carbocycles. The van der Waals surface area contributed by atoms with E-state index in [1.807, 2.05) is 32.0 Å². The summed E-state index contributed by atoms with van der Waals surface area (Å²) >= 11 is 0. The number of ether oxygens (including phenoxy) is 1. The third kappa shape index (κ3) is 5.11. The van der Waals surface area contributed by atoms with Gasteiger partial charge in [-0.05, 0) is 70.6 Å². The van der Waals surface area contributed by atoms with E-state index >= 15 is 0 Å². The van der Waals surface area contributed by atoms with Crippen molar-refractivity contribution in [1.82, 2.24) is 34.4 Å². The Kier molecular flexibility index (Phi) is 7.39. The summed E-state index contributed by atoms with van der Waals surface area (Å²) in [5.41, 5.74) is 9.13. The normalized spacial score (nSPS) is 26.4. The van der Waals surface area contributed by atoms with Gasteiger partial charge in [0, 0.05) is 25.0 Å². The van der Waals surface area contributed by atoms with Crippen LogP contribution in [0.25, 0.3) is 22.2 Å². The summed E-state index contributed by atoms with van der Waals surface area (Å²) in [6, 6.07) is 9.03. The number of H-pyrrole nitrogens is 1. The third-order valence-corrected chi connectivity index (χ3v) is 9.06. The fraction of sp³-hybridized carbons (Fsp3) is 0.567. The van der Waals surface area contributed by atoms with Gasteiger partial charge in [-0.15, -0.1) is 0 Å². The maximum atomic E-state index is 10.9. The Morgan fingerprint density at radius 2 is 2.00 bits per heavy atom. The summed E-state index contributed by atoms with van der Waals surface area (Å²) in [5, 5.41) is 31.3. The molecule has 12 nitrogen and oxygen atoms in total. The molecule has 4 aromatic rings. The first-order valence-electron chi connectivity index (χ1n) is 14.7. The van der Waals surface area contributed by atoms with Gasteiger partial charge in [0.25, 0.3) is 0 Å². The van der Waals surface area contributed by atoms with Crippen LogP contribution in [-0.2, 0) is 16.6 Å². The van der Waals surface area contributed by atoms with Crippen LogP contribution in [0.5, 0.6) is 0 Å². The van der Waals surface area contributed by atoms with Crippen molar-refractivity contribution in [2.24, 2.45) is 5.92 Å². The maximum absolute atomic E-state index is 10.9. The first-order valence-corrected chi connectivity index (χ1v) is 14.7. The van der Waals surface area contributed by atoms with Crippen molar-refractivity contribution in [3.8, 4) is 6.07 Å². The highest BCUT2D eigenvalue weighted by atomic mass is 16.6. The number of benzene rings is 1. The van der Waals surface area contributed by atoms with Crippen molar-refractivity contribution >= 4 is 28.0 Å². The molecule has 0 amide bonds. The number of hydrogen-bond donors (Lipinski definition) is 4. The van der Waals surface area contributed by atoms with Gasteiger partial charge in [-0.25, -0.2) is 19.9 Å². The zero-order chi connectivity index (χ0) is 29.8. The molecule has 6 rings (SSSR count). The summed E-state index contributed by atoms with van der Waals surface area (Å²) in [6.07, 6.45) is 3.36. The number of fused-ring (bicyclic) bond motifs is 2. The van der Waals surface area contributed by atoms with Crippen LogP contribution < -0.4 is 5.73 Å². The number of aromatic amines is 1. The Hall–Kier alpha value is -3.63. The third-order valence-electron chi connectivity index (χ3n) is 9.06. The number of aromatic nitrogens is 6. The minimum atomic E-state index is -1.13. The average molecular weight is 574 g/mol. The topological polar surface area (TPSA) is 175 Å². The van der Waals surface area contributed by atoms with Crippen LogP contribution in [0.4, 0.5) is 5.82 Å². The van der Waals surface area contributed by atoms with Crippen LogP contribution in [0.2, 0.25) is 0 Å². The molecule has 0 bridgehead atoms. The molecule has 1 aromatic carbocycles. The van der Waals surface area contributed by atoms with Crippen LogP contribution >= 0.6 is 0 Å². The predicted molar refractivity (Wildman–Crippen MR) is 157 cm³/mol. The van der Waals surface area contributed by atoms with Crippen molar-refractivity contribution in [3.05, 3.63) is 42.2 Å². The molecule has 2 fully saturated rings. The Balaban J connectivity index is 1.06. The van der Waals surface area contributed by atoms with Gasteiger partial charge in [0.2, 0.25) is 0 Å². The summed E-state index contributed by atoms with van der Waals surface area (Å²) in [6.45, 7) is 8.66. The van der Waals surface area contributed by atoms with E-state index in [-0.39, 0.29) is 11.9 Å². The van der Waals surface area contributed by atoms with Gasteiger partial charge in [0.15, 0.2) is 17.7 Å². The number of nitrogen functional groups attached to an aromatic ring is 1. The van der Waals surface area contributed by atoms with Crippen LogP contribution in [0.3, 0.4) is 0 Å². The lowest BCUT2D eigenvalue weighted by Crippen LogP contribution is -2.52. The van der Waals surface area contributed by atoms with Crippen molar-refractivity contribution in [3.63, 3.8) is 0 Å². The Morgan fingerprint density at radius 1 is 1.21 bits per heavy atom. The standard InChI is InChI=1S/C30H39N9O3/c1-16(2)38(12-22-25(40)26(41)29(42-22)39-15-35-24-27(32)33-14-34-28(24)39)19-9-17(10-19)5-8-23-36-20-7-6-18(11-21(20)37-23)30(3,4)13-31/h6-7,11,14-17,19,22,25-26,29,40-41H,5,8-10,12H2,1-4H3,(H,36,37)(H2,32,33,34)/t17-,19-,22-,25-,26-,29-/m1/s1. The number of anilines is 1. The molecule has 1 saturated carbocycles. The molecule has 5 N–H and O–H groups in total. The lowest BCUT2D eigenvalue weighted by Gasteiger charge is -2.46. The molecular weight excluding hydrogens is 534 g/mol. The molecule has 3 aromatic heterocycles. The minimum absolute atomic E-state index is 0.253. The highest BCUT2D eigenvalue weighted by Crippen LogP contribution is 2.38. The number of aryl methyl sites for hydroxylation is 1. The number of nitrogens with zero attached hydrogens (tertiary/aromatic N) is 7. The van der Waals surface area contributed by atoms with Gasteiger partial charge < -0.3 is 25.7 Å². The van der Waals surface area contributed by atoms with Crippen molar-refractivity contribution in [2.45, 2.75) is 95.4 Å². The molecule has 12 heteroatoms. The van der Waals surface area contributed by atoms with Gasteiger partial charge in [0.05, 0.1) is 28.8 Å². The molecule has 1 saturated heterocycles. The number of rotatable bonds is 9. The fourth-order valence-corrected chi connectivity index (χ4v) is 6.33. The van der Waals surface area contributed by atoms with Gasteiger partial charge in [-0.2, -0.15) is 5.26 Å². The summed E-state index contributed by atoms with van der Waals surface area (Å²) < 4.78 is 7.84. The first kappa shape index (κ1) is 28.5. The predicted octanol–water partition coefficient (Wildman–Crippen LogP) is 2.83. The average Bonchev–Trinajstić information content (AvgIpc) is 3.63. The molecule has 4 atom stereocenters. The van der Waals surface area contributed by atoms with Crippen LogP contribution in [0.1, 0.15) is 64.6 Å². The van der Waals surface area contributed by atoms with Crippen LogP contribution in [0, 0.1) is 17.2 Å². The van der Waals surface area contributed by atoms with Crippen molar-refractivity contribution in [1.29, 1.82) is 5.26 Å². The molecule has 1 aliphatic heterocycles. The van der Waals surface area contributed by atoms with E-state index in [9.17, 15) is 15.5 Å². The van der Waals surface area contributed by atoms with E-state index in [2.05, 4.69) is 44.8 Å². The van der Waals surface area contributed by atoms with Crippen LogP contribution in [0.15, 0.2) is 30.9 Å². The zero-order valence-electron chi connectivity index (χ0n) is 24.5. The number of nitrogens with one attached hydrogen (secondary N) is 1. The van der Waals surface area contributed by atoms with Gasteiger partial charge in [-0.1, -0.05) is 6.07 Å². The Labute approximate surface area is 244 Å². The first-order chi connectivity index (χ1) is 20.1. The molecule has 42 heavy (non-hydrogen) atoms. The highest BCUT2D eigenvalue weighted by molar-refractivity contribution is 5.81. The molecule has 0 unspecified atom stereocenters. The van der Waals surface area contributed by atoms with Gasteiger partial charge in [-0.3, -0.25) is 9.47 Å². The second-order valence-electron chi connectivity index (χ2n) is 12.6. The van der Waals surface area contributed by atoms with E-state index in [1.165, 1.54) is 12.7 Å². The molecule has 0 spiro atoms. The lowest BCUT2D eigenvalue weighted by molar-refractivity contribution is -0.0620. The minimum Gasteiger partial charge on any atom is -0.387 e. The second-order valence-corrected chi connectivity index (χ2v) is 12.6. The maximum Gasteiger partial charge on any atom is 0.167 e. The highest BCUT2D eigenvalue weighted by Gasteiger charge is 2.46. The monoisotopic (exact) mass is 573 g/mol. The smallest absolute Gasteiger partial charge is 0.167 e. The number of imidazole rings is 2. The summed E-state index contributed by atoms with van der Waals surface area (Å²) in [5.74, 6) is 1.82. The van der Waals surface area contributed by atoms with Crippen molar-refractivity contribution in [2.75, 3.05) is 12.3 Å².